The summed E-state index contributed by atoms with van der Waals surface area (Å²) < 4.78 is 0. The minimum Gasteiger partial charge on any atom is -0.260 e. The van der Waals surface area contributed by atoms with Gasteiger partial charge in [0, 0.05) is 11.9 Å². The molecule has 0 atom stereocenters. The molecule has 2 heteroatoms. The molecule has 0 aliphatic heterocycles. The molecule has 0 bridgehead atoms. The highest BCUT2D eigenvalue weighted by Gasteiger charge is 2.07. The van der Waals surface area contributed by atoms with E-state index in [-0.39, 0.29) is 0 Å². The highest BCUT2D eigenvalue weighted by Crippen LogP contribution is 2.19. The van der Waals surface area contributed by atoms with Crippen LogP contribution in [0.2, 0.25) is 0 Å². The molecule has 0 saturated heterocycles. The molecule has 0 radical (unpaired) electrons. The van der Waals surface area contributed by atoms with E-state index in [1.807, 2.05) is 6.07 Å². The van der Waals surface area contributed by atoms with Crippen LogP contribution in [0.25, 0.3) is 0 Å². The van der Waals surface area contributed by atoms with Crippen LogP contribution in [-0.4, -0.2) is 4.98 Å². The Hall–Kier alpha value is -1.36. The predicted molar refractivity (Wildman–Crippen MR) is 52.4 cm³/mol. The van der Waals surface area contributed by atoms with E-state index in [4.69, 9.17) is 5.26 Å². The molecule has 2 nitrogen and oxygen atoms in total. The minimum absolute atomic E-state index is 0.441. The Bertz CT molecular complexity index is 334. The van der Waals surface area contributed by atoms with Crippen LogP contribution in [0.5, 0.6) is 0 Å². The van der Waals surface area contributed by atoms with Gasteiger partial charge in [0.15, 0.2) is 0 Å². The average Bonchev–Trinajstić information content (AvgIpc) is 2.16. The van der Waals surface area contributed by atoms with E-state index in [2.05, 4.69) is 31.8 Å². The second-order valence-corrected chi connectivity index (χ2v) is 3.38. The standard InChI is InChI=1S/C11H14N2/c1-4-11-10(8(2)3)5-9(6-12)7-13-11/h5,7-8H,4H2,1-3H3. The monoisotopic (exact) mass is 174 g/mol. The van der Waals surface area contributed by atoms with Crippen molar-refractivity contribution in [2.45, 2.75) is 33.1 Å². The van der Waals surface area contributed by atoms with Crippen molar-refractivity contribution < 1.29 is 0 Å². The van der Waals surface area contributed by atoms with Crippen molar-refractivity contribution in [1.29, 1.82) is 5.26 Å². The molecule has 0 unspecified atom stereocenters. The van der Waals surface area contributed by atoms with E-state index in [1.165, 1.54) is 5.56 Å². The second kappa shape index (κ2) is 4.04. The molecule has 1 rings (SSSR count). The Labute approximate surface area is 79.2 Å². The number of nitriles is 1. The van der Waals surface area contributed by atoms with E-state index in [0.29, 0.717) is 11.5 Å². The highest BCUT2D eigenvalue weighted by molar-refractivity contribution is 5.34. The van der Waals surface area contributed by atoms with Crippen LogP contribution in [0, 0.1) is 11.3 Å². The van der Waals surface area contributed by atoms with E-state index in [0.717, 1.165) is 12.1 Å². The molecule has 0 saturated carbocycles. The number of hydrogen-bond donors (Lipinski definition) is 0. The van der Waals surface area contributed by atoms with Gasteiger partial charge in [-0.2, -0.15) is 5.26 Å². The summed E-state index contributed by atoms with van der Waals surface area (Å²) in [6, 6.07) is 4.05. The van der Waals surface area contributed by atoms with Crippen molar-refractivity contribution in [3.05, 3.63) is 29.1 Å². The SMILES string of the molecule is CCc1ncc(C#N)cc1C(C)C. The van der Waals surface area contributed by atoms with Crippen LogP contribution in [0.15, 0.2) is 12.3 Å². The zero-order valence-corrected chi connectivity index (χ0v) is 8.33. The van der Waals surface area contributed by atoms with Gasteiger partial charge in [-0.05, 0) is 24.0 Å². The maximum Gasteiger partial charge on any atom is 0.101 e. The predicted octanol–water partition coefficient (Wildman–Crippen LogP) is 2.64. The largest absolute Gasteiger partial charge is 0.260 e. The third kappa shape index (κ3) is 2.06. The lowest BCUT2D eigenvalue weighted by Gasteiger charge is -2.09. The fourth-order valence-corrected chi connectivity index (χ4v) is 1.37. The first-order valence-corrected chi connectivity index (χ1v) is 4.58. The van der Waals surface area contributed by atoms with Crippen LogP contribution in [0.3, 0.4) is 0 Å². The Balaban J connectivity index is 3.20. The quantitative estimate of drug-likeness (QED) is 0.691. The first-order valence-electron chi connectivity index (χ1n) is 4.58. The summed E-state index contributed by atoms with van der Waals surface area (Å²) in [6.45, 7) is 6.33. The Morgan fingerprint density at radius 1 is 1.54 bits per heavy atom. The van der Waals surface area contributed by atoms with Crippen molar-refractivity contribution in [1.82, 2.24) is 4.98 Å². The summed E-state index contributed by atoms with van der Waals surface area (Å²) in [6.07, 6.45) is 2.57. The van der Waals surface area contributed by atoms with Crippen LogP contribution in [-0.2, 0) is 6.42 Å². The molecule has 0 spiro atoms. The Kier molecular flexibility index (Phi) is 3.02. The molecule has 0 fully saturated rings. The van der Waals surface area contributed by atoms with Gasteiger partial charge < -0.3 is 0 Å². The van der Waals surface area contributed by atoms with Gasteiger partial charge >= 0.3 is 0 Å². The lowest BCUT2D eigenvalue weighted by molar-refractivity contribution is 0.823. The van der Waals surface area contributed by atoms with E-state index in [9.17, 15) is 0 Å². The van der Waals surface area contributed by atoms with Gasteiger partial charge in [-0.1, -0.05) is 20.8 Å². The molecule has 0 N–H and O–H groups in total. The van der Waals surface area contributed by atoms with Crippen LogP contribution in [0.4, 0.5) is 0 Å². The fourth-order valence-electron chi connectivity index (χ4n) is 1.37. The zero-order valence-electron chi connectivity index (χ0n) is 8.33. The number of aromatic nitrogens is 1. The average molecular weight is 174 g/mol. The van der Waals surface area contributed by atoms with E-state index < -0.39 is 0 Å². The molecular formula is C11H14N2. The van der Waals surface area contributed by atoms with Gasteiger partial charge in [0.25, 0.3) is 0 Å². The molecule has 0 amide bonds. The van der Waals surface area contributed by atoms with Gasteiger partial charge in [-0.25, -0.2) is 0 Å². The number of aryl methyl sites for hydroxylation is 1. The van der Waals surface area contributed by atoms with Crippen LogP contribution < -0.4 is 0 Å². The number of hydrogen-bond acceptors (Lipinski definition) is 2. The minimum atomic E-state index is 0.441. The van der Waals surface area contributed by atoms with Gasteiger partial charge in [0.1, 0.15) is 6.07 Å². The Morgan fingerprint density at radius 2 is 2.23 bits per heavy atom. The first kappa shape index (κ1) is 9.73. The molecule has 13 heavy (non-hydrogen) atoms. The summed E-state index contributed by atoms with van der Waals surface area (Å²) in [5.41, 5.74) is 2.96. The maximum absolute atomic E-state index is 8.72. The van der Waals surface area contributed by atoms with Gasteiger partial charge in [-0.3, -0.25) is 4.98 Å². The lowest BCUT2D eigenvalue weighted by atomic mass is 9.99. The molecule has 1 aromatic rings. The van der Waals surface area contributed by atoms with Crippen molar-refractivity contribution >= 4 is 0 Å². The number of rotatable bonds is 2. The highest BCUT2D eigenvalue weighted by atomic mass is 14.7. The van der Waals surface area contributed by atoms with Gasteiger partial charge in [-0.15, -0.1) is 0 Å². The van der Waals surface area contributed by atoms with Crippen molar-refractivity contribution in [2.75, 3.05) is 0 Å². The van der Waals surface area contributed by atoms with Crippen molar-refractivity contribution in [2.24, 2.45) is 0 Å². The van der Waals surface area contributed by atoms with Gasteiger partial charge in [0.05, 0.1) is 5.56 Å². The molecule has 1 aromatic heterocycles. The van der Waals surface area contributed by atoms with Gasteiger partial charge in [0.2, 0.25) is 0 Å². The summed E-state index contributed by atoms with van der Waals surface area (Å²) >= 11 is 0. The summed E-state index contributed by atoms with van der Waals surface area (Å²) in [7, 11) is 0. The maximum atomic E-state index is 8.72. The molecule has 0 aromatic carbocycles. The molecule has 0 aliphatic carbocycles. The second-order valence-electron chi connectivity index (χ2n) is 3.38. The van der Waals surface area contributed by atoms with Crippen molar-refractivity contribution in [3.63, 3.8) is 0 Å². The normalized spacial score (nSPS) is 10.1. The van der Waals surface area contributed by atoms with E-state index in [1.54, 1.807) is 6.20 Å². The van der Waals surface area contributed by atoms with Crippen LogP contribution in [0.1, 0.15) is 43.5 Å². The molecular weight excluding hydrogens is 160 g/mol. The fraction of sp³-hybridized carbons (Fsp3) is 0.455. The molecule has 1 heterocycles. The number of pyridine rings is 1. The first-order chi connectivity index (χ1) is 6.19. The van der Waals surface area contributed by atoms with Crippen molar-refractivity contribution in [3.8, 4) is 6.07 Å². The van der Waals surface area contributed by atoms with E-state index >= 15 is 0 Å². The third-order valence-corrected chi connectivity index (χ3v) is 2.09. The third-order valence-electron chi connectivity index (χ3n) is 2.09. The topological polar surface area (TPSA) is 36.7 Å². The molecule has 68 valence electrons. The Morgan fingerprint density at radius 3 is 2.69 bits per heavy atom. The zero-order chi connectivity index (χ0) is 9.84. The summed E-state index contributed by atoms with van der Waals surface area (Å²) in [5, 5.41) is 8.72. The molecule has 0 aliphatic rings. The smallest absolute Gasteiger partial charge is 0.101 e. The van der Waals surface area contributed by atoms with Crippen LogP contribution >= 0.6 is 0 Å². The lowest BCUT2D eigenvalue weighted by Crippen LogP contribution is -1.99. The summed E-state index contributed by atoms with van der Waals surface area (Å²) in [4.78, 5) is 4.27. The number of nitrogens with zero attached hydrogens (tertiary/aromatic N) is 2. The summed E-state index contributed by atoms with van der Waals surface area (Å²) in [5.74, 6) is 0.441.